The summed E-state index contributed by atoms with van der Waals surface area (Å²) in [5.74, 6) is 1.21. The van der Waals surface area contributed by atoms with Crippen molar-refractivity contribution in [3.63, 3.8) is 0 Å². The van der Waals surface area contributed by atoms with Crippen LogP contribution in [0.1, 0.15) is 45.6 Å². The maximum absolute atomic E-state index is 13.0. The molecule has 28 heavy (non-hydrogen) atoms. The summed E-state index contributed by atoms with van der Waals surface area (Å²) in [7, 11) is 1.82. The Balaban J connectivity index is 1.69. The van der Waals surface area contributed by atoms with Crippen LogP contribution in [0.2, 0.25) is 0 Å². The summed E-state index contributed by atoms with van der Waals surface area (Å²) in [4.78, 5) is 6.80. The number of aliphatic imine (C=N–C) groups is 1. The van der Waals surface area contributed by atoms with Crippen LogP contribution < -0.4 is 10.6 Å². The van der Waals surface area contributed by atoms with Crippen LogP contribution in [0.25, 0.3) is 0 Å². The fraction of sp³-hybridized carbons (Fsp3) is 0.682. The zero-order chi connectivity index (χ0) is 20.4. The number of hydrogen-bond acceptors (Lipinski definition) is 3. The molecule has 2 N–H and O–H groups in total. The number of rotatable bonds is 9. The molecule has 0 radical (unpaired) electrons. The Morgan fingerprint density at radius 2 is 1.93 bits per heavy atom. The van der Waals surface area contributed by atoms with Gasteiger partial charge in [-0.2, -0.15) is 0 Å². The van der Waals surface area contributed by atoms with Crippen molar-refractivity contribution in [2.75, 3.05) is 33.3 Å². The van der Waals surface area contributed by atoms with E-state index in [0.29, 0.717) is 12.0 Å². The van der Waals surface area contributed by atoms with Crippen molar-refractivity contribution < 1.29 is 9.13 Å². The van der Waals surface area contributed by atoms with Gasteiger partial charge in [0.15, 0.2) is 5.96 Å². The van der Waals surface area contributed by atoms with Crippen LogP contribution in [-0.2, 0) is 11.3 Å². The third kappa shape index (κ3) is 7.76. The molecule has 0 spiro atoms. The van der Waals surface area contributed by atoms with Gasteiger partial charge < -0.3 is 15.4 Å². The van der Waals surface area contributed by atoms with Crippen molar-refractivity contribution in [2.45, 2.75) is 58.7 Å². The van der Waals surface area contributed by atoms with E-state index < -0.39 is 0 Å². The molecule has 0 aromatic heterocycles. The second-order valence-corrected chi connectivity index (χ2v) is 7.85. The van der Waals surface area contributed by atoms with Gasteiger partial charge in [0.1, 0.15) is 5.82 Å². The summed E-state index contributed by atoms with van der Waals surface area (Å²) in [6.45, 7) is 11.0. The number of guanidine groups is 1. The molecule has 1 heterocycles. The topological polar surface area (TPSA) is 48.9 Å². The third-order valence-corrected chi connectivity index (χ3v) is 5.32. The van der Waals surface area contributed by atoms with Crippen LogP contribution >= 0.6 is 0 Å². The minimum Gasteiger partial charge on any atom is -0.378 e. The van der Waals surface area contributed by atoms with E-state index in [1.165, 1.54) is 17.7 Å². The van der Waals surface area contributed by atoms with E-state index in [1.807, 2.05) is 26.1 Å². The largest absolute Gasteiger partial charge is 0.378 e. The summed E-state index contributed by atoms with van der Waals surface area (Å²) >= 11 is 0. The van der Waals surface area contributed by atoms with Gasteiger partial charge in [0.25, 0.3) is 0 Å². The number of nitrogens with one attached hydrogen (secondary N) is 2. The van der Waals surface area contributed by atoms with Crippen molar-refractivity contribution in [3.05, 3.63) is 35.6 Å². The van der Waals surface area contributed by atoms with E-state index in [1.54, 1.807) is 0 Å². The monoisotopic (exact) mass is 392 g/mol. The fourth-order valence-electron chi connectivity index (χ4n) is 3.63. The normalized spacial score (nSPS) is 17.7. The summed E-state index contributed by atoms with van der Waals surface area (Å²) < 4.78 is 18.8. The van der Waals surface area contributed by atoms with Gasteiger partial charge in [0.2, 0.25) is 0 Å². The Labute approximate surface area is 169 Å². The number of hydrogen-bond donors (Lipinski definition) is 2. The average Bonchev–Trinajstić information content (AvgIpc) is 2.69. The molecule has 1 aliphatic rings. The second kappa shape index (κ2) is 12.0. The number of halogens is 1. The molecule has 1 aromatic carbocycles. The summed E-state index contributed by atoms with van der Waals surface area (Å²) in [5.41, 5.74) is 1.17. The first kappa shape index (κ1) is 22.6. The summed E-state index contributed by atoms with van der Waals surface area (Å²) in [5, 5.41) is 6.98. The van der Waals surface area contributed by atoms with Crippen molar-refractivity contribution in [3.8, 4) is 0 Å². The van der Waals surface area contributed by atoms with Crippen molar-refractivity contribution in [1.29, 1.82) is 0 Å². The van der Waals surface area contributed by atoms with E-state index in [4.69, 9.17) is 4.74 Å². The number of nitrogens with zero attached hydrogens (tertiary/aromatic N) is 2. The Morgan fingerprint density at radius 3 is 2.50 bits per heavy atom. The molecule has 1 aliphatic heterocycles. The van der Waals surface area contributed by atoms with Gasteiger partial charge in [-0.3, -0.25) is 9.89 Å². The maximum Gasteiger partial charge on any atom is 0.191 e. The third-order valence-electron chi connectivity index (χ3n) is 5.32. The lowest BCUT2D eigenvalue weighted by atomic mass is 10.0. The number of ether oxygens (including phenoxy) is 1. The molecule has 1 fully saturated rings. The maximum atomic E-state index is 13.0. The standard InChI is InChI=1S/C22H37FN4O/c1-5-28-21(17(2)3)10-13-25-22(24-4)26-20-11-14-27(15-12-20)16-18-6-8-19(23)9-7-18/h6-9,17,20-21H,5,10-16H2,1-4H3,(H2,24,25,26). The molecular weight excluding hydrogens is 355 g/mol. The highest BCUT2D eigenvalue weighted by atomic mass is 19.1. The molecule has 5 nitrogen and oxygen atoms in total. The molecule has 0 bridgehead atoms. The van der Waals surface area contributed by atoms with Gasteiger partial charge in [0, 0.05) is 45.9 Å². The summed E-state index contributed by atoms with van der Waals surface area (Å²) in [6, 6.07) is 7.25. The summed E-state index contributed by atoms with van der Waals surface area (Å²) in [6.07, 6.45) is 3.41. The van der Waals surface area contributed by atoms with Crippen molar-refractivity contribution >= 4 is 5.96 Å². The van der Waals surface area contributed by atoms with Crippen LogP contribution in [0.4, 0.5) is 4.39 Å². The van der Waals surface area contributed by atoms with Gasteiger partial charge in [0.05, 0.1) is 6.10 Å². The smallest absolute Gasteiger partial charge is 0.191 e. The predicted molar refractivity (Wildman–Crippen MR) is 114 cm³/mol. The number of likely N-dealkylation sites (tertiary alicyclic amines) is 1. The second-order valence-electron chi connectivity index (χ2n) is 7.85. The quantitative estimate of drug-likeness (QED) is 0.499. The minimum absolute atomic E-state index is 0.175. The molecule has 158 valence electrons. The van der Waals surface area contributed by atoms with Gasteiger partial charge in [-0.25, -0.2) is 4.39 Å². The Kier molecular flexibility index (Phi) is 9.71. The van der Waals surface area contributed by atoms with Gasteiger partial charge in [-0.05, 0) is 49.8 Å². The minimum atomic E-state index is -0.175. The first-order valence-electron chi connectivity index (χ1n) is 10.6. The van der Waals surface area contributed by atoms with E-state index in [9.17, 15) is 4.39 Å². The zero-order valence-corrected chi connectivity index (χ0v) is 17.9. The molecule has 1 aromatic rings. The van der Waals surface area contributed by atoms with Crippen molar-refractivity contribution in [2.24, 2.45) is 10.9 Å². The molecule has 2 rings (SSSR count). The van der Waals surface area contributed by atoms with Gasteiger partial charge in [-0.1, -0.05) is 26.0 Å². The van der Waals surface area contributed by atoms with Gasteiger partial charge in [-0.15, -0.1) is 0 Å². The van der Waals surface area contributed by atoms with Gasteiger partial charge >= 0.3 is 0 Å². The molecular formula is C22H37FN4O. The first-order valence-corrected chi connectivity index (χ1v) is 10.6. The molecule has 1 atom stereocenters. The van der Waals surface area contributed by atoms with Crippen LogP contribution in [0.3, 0.4) is 0 Å². The molecule has 0 saturated carbocycles. The highest BCUT2D eigenvalue weighted by Gasteiger charge is 2.20. The number of benzene rings is 1. The SMILES string of the molecule is CCOC(CCNC(=NC)NC1CCN(Cc2ccc(F)cc2)CC1)C(C)C. The first-order chi connectivity index (χ1) is 13.5. The Hall–Kier alpha value is -1.66. The highest BCUT2D eigenvalue weighted by molar-refractivity contribution is 5.79. The Bertz CT molecular complexity index is 583. The van der Waals surface area contributed by atoms with Crippen LogP contribution in [-0.4, -0.2) is 56.3 Å². The van der Waals surface area contributed by atoms with E-state index in [2.05, 4.69) is 34.4 Å². The lowest BCUT2D eigenvalue weighted by Crippen LogP contribution is -2.49. The van der Waals surface area contributed by atoms with Crippen molar-refractivity contribution in [1.82, 2.24) is 15.5 Å². The van der Waals surface area contributed by atoms with Crippen LogP contribution in [0.5, 0.6) is 0 Å². The lowest BCUT2D eigenvalue weighted by Gasteiger charge is -2.33. The Morgan fingerprint density at radius 1 is 1.25 bits per heavy atom. The van der Waals surface area contributed by atoms with E-state index >= 15 is 0 Å². The molecule has 1 unspecified atom stereocenters. The average molecular weight is 393 g/mol. The predicted octanol–water partition coefficient (Wildman–Crippen LogP) is 3.41. The lowest BCUT2D eigenvalue weighted by molar-refractivity contribution is 0.0258. The molecule has 6 heteroatoms. The fourth-order valence-corrected chi connectivity index (χ4v) is 3.63. The highest BCUT2D eigenvalue weighted by Crippen LogP contribution is 2.14. The zero-order valence-electron chi connectivity index (χ0n) is 17.9. The van der Waals surface area contributed by atoms with Crippen LogP contribution in [0, 0.1) is 11.7 Å². The van der Waals surface area contributed by atoms with E-state index in [-0.39, 0.29) is 11.9 Å². The molecule has 0 aliphatic carbocycles. The van der Waals surface area contributed by atoms with E-state index in [0.717, 1.165) is 58.0 Å². The molecule has 1 saturated heterocycles. The number of piperidine rings is 1. The van der Waals surface area contributed by atoms with Crippen LogP contribution in [0.15, 0.2) is 29.3 Å². The molecule has 0 amide bonds.